The van der Waals surface area contributed by atoms with Crippen molar-refractivity contribution in [3.63, 3.8) is 0 Å². The number of aromatic nitrogens is 4. The van der Waals surface area contributed by atoms with Gasteiger partial charge in [-0.3, -0.25) is 0 Å². The Morgan fingerprint density at radius 2 is 2.20 bits per heavy atom. The van der Waals surface area contributed by atoms with Crippen LogP contribution >= 0.6 is 0 Å². The van der Waals surface area contributed by atoms with E-state index in [9.17, 15) is 4.39 Å². The molecule has 0 bridgehead atoms. The molecule has 2 heterocycles. The van der Waals surface area contributed by atoms with Gasteiger partial charge in [0.25, 0.3) is 5.89 Å². The van der Waals surface area contributed by atoms with Crippen LogP contribution in [0, 0.1) is 12.7 Å². The molecule has 0 saturated heterocycles. The van der Waals surface area contributed by atoms with E-state index in [-0.39, 0.29) is 17.6 Å². The number of hydrogen-bond donors (Lipinski definition) is 0. The third kappa shape index (κ3) is 1.76. The molecule has 0 unspecified atom stereocenters. The van der Waals surface area contributed by atoms with E-state index in [1.807, 2.05) is 0 Å². The van der Waals surface area contributed by atoms with Crippen molar-refractivity contribution in [3.8, 4) is 17.6 Å². The Hall–Kier alpha value is -2.05. The fourth-order valence-corrected chi connectivity index (χ4v) is 0.993. The van der Waals surface area contributed by atoms with E-state index in [1.165, 1.54) is 7.11 Å². The molecular formula is C8H7FN4O2. The van der Waals surface area contributed by atoms with E-state index >= 15 is 0 Å². The van der Waals surface area contributed by atoms with Gasteiger partial charge in [-0.2, -0.15) is 9.97 Å². The van der Waals surface area contributed by atoms with Crippen molar-refractivity contribution in [1.29, 1.82) is 0 Å². The summed E-state index contributed by atoms with van der Waals surface area (Å²) < 4.78 is 22.8. The van der Waals surface area contributed by atoms with Crippen LogP contribution in [-0.2, 0) is 0 Å². The highest BCUT2D eigenvalue weighted by Crippen LogP contribution is 2.19. The number of halogens is 1. The zero-order valence-corrected chi connectivity index (χ0v) is 8.06. The van der Waals surface area contributed by atoms with Gasteiger partial charge in [-0.25, -0.2) is 9.37 Å². The molecule has 0 aliphatic carbocycles. The highest BCUT2D eigenvalue weighted by Gasteiger charge is 2.15. The van der Waals surface area contributed by atoms with Crippen molar-refractivity contribution in [2.24, 2.45) is 0 Å². The minimum atomic E-state index is -0.639. The largest absolute Gasteiger partial charge is 0.467 e. The highest BCUT2D eigenvalue weighted by atomic mass is 19.1. The number of methoxy groups -OCH3 is 1. The number of aryl methyl sites for hydroxylation is 1. The monoisotopic (exact) mass is 210 g/mol. The average molecular weight is 210 g/mol. The van der Waals surface area contributed by atoms with Gasteiger partial charge in [0.05, 0.1) is 13.3 Å². The molecule has 0 aromatic carbocycles. The molecule has 0 saturated carbocycles. The zero-order valence-electron chi connectivity index (χ0n) is 8.06. The highest BCUT2D eigenvalue weighted by molar-refractivity contribution is 5.47. The second-order valence-electron chi connectivity index (χ2n) is 2.70. The Bertz CT molecular complexity index is 485. The predicted molar refractivity (Wildman–Crippen MR) is 46.6 cm³/mol. The summed E-state index contributed by atoms with van der Waals surface area (Å²) in [5.41, 5.74) is -0.0672. The topological polar surface area (TPSA) is 73.9 Å². The van der Waals surface area contributed by atoms with Gasteiger partial charge < -0.3 is 9.26 Å². The van der Waals surface area contributed by atoms with Crippen LogP contribution in [0.15, 0.2) is 10.7 Å². The van der Waals surface area contributed by atoms with Gasteiger partial charge in [-0.15, -0.1) is 0 Å². The molecule has 6 nitrogen and oxygen atoms in total. The lowest BCUT2D eigenvalue weighted by atomic mass is 10.4. The second-order valence-corrected chi connectivity index (χ2v) is 2.70. The Labute approximate surface area is 84.1 Å². The maximum absolute atomic E-state index is 13.3. The summed E-state index contributed by atoms with van der Waals surface area (Å²) in [6.07, 6.45) is 0.987. The first kappa shape index (κ1) is 9.50. The summed E-state index contributed by atoms with van der Waals surface area (Å²) >= 11 is 0. The van der Waals surface area contributed by atoms with Gasteiger partial charge in [-0.1, -0.05) is 5.16 Å². The summed E-state index contributed by atoms with van der Waals surface area (Å²) in [4.78, 5) is 11.2. The van der Waals surface area contributed by atoms with Crippen LogP contribution in [0.25, 0.3) is 11.6 Å². The summed E-state index contributed by atoms with van der Waals surface area (Å²) in [5.74, 6) is -0.230. The van der Waals surface area contributed by atoms with Crippen molar-refractivity contribution in [2.75, 3.05) is 7.11 Å². The molecule has 15 heavy (non-hydrogen) atoms. The van der Waals surface area contributed by atoms with Gasteiger partial charge in [-0.05, 0) is 6.92 Å². The molecule has 78 valence electrons. The van der Waals surface area contributed by atoms with Crippen LogP contribution in [0.5, 0.6) is 6.01 Å². The number of rotatable bonds is 2. The second kappa shape index (κ2) is 3.60. The minimum absolute atomic E-state index is 0.00528. The molecule has 0 fully saturated rings. The quantitative estimate of drug-likeness (QED) is 0.735. The fraction of sp³-hybridized carbons (Fsp3) is 0.250. The Balaban J connectivity index is 2.51. The van der Waals surface area contributed by atoms with E-state index in [4.69, 9.17) is 9.26 Å². The Morgan fingerprint density at radius 1 is 1.40 bits per heavy atom. The normalized spacial score (nSPS) is 10.3. The number of nitrogens with zero attached hydrogens (tertiary/aromatic N) is 4. The van der Waals surface area contributed by atoms with Crippen LogP contribution in [0.2, 0.25) is 0 Å². The summed E-state index contributed by atoms with van der Waals surface area (Å²) in [7, 11) is 1.39. The van der Waals surface area contributed by atoms with Gasteiger partial charge in [0.1, 0.15) is 0 Å². The molecule has 2 rings (SSSR count). The third-order valence-electron chi connectivity index (χ3n) is 1.63. The molecule has 7 heteroatoms. The molecule has 0 aliphatic rings. The number of hydrogen-bond acceptors (Lipinski definition) is 6. The van der Waals surface area contributed by atoms with Crippen LogP contribution in [0.4, 0.5) is 4.39 Å². The smallest absolute Gasteiger partial charge is 0.316 e. The fourth-order valence-electron chi connectivity index (χ4n) is 0.993. The van der Waals surface area contributed by atoms with Crippen LogP contribution in [0.1, 0.15) is 5.82 Å². The van der Waals surface area contributed by atoms with Crippen LogP contribution in [0.3, 0.4) is 0 Å². The molecule has 0 atom stereocenters. The zero-order chi connectivity index (χ0) is 10.8. The van der Waals surface area contributed by atoms with E-state index in [0.29, 0.717) is 5.82 Å². The maximum Gasteiger partial charge on any atom is 0.316 e. The molecular weight excluding hydrogens is 203 g/mol. The molecule has 0 spiro atoms. The van der Waals surface area contributed by atoms with Crippen LogP contribution in [-0.4, -0.2) is 27.2 Å². The molecule has 0 amide bonds. The van der Waals surface area contributed by atoms with E-state index in [1.54, 1.807) is 6.92 Å². The first-order valence-electron chi connectivity index (χ1n) is 4.08. The van der Waals surface area contributed by atoms with Crippen molar-refractivity contribution in [1.82, 2.24) is 20.1 Å². The Morgan fingerprint density at radius 3 is 2.80 bits per heavy atom. The number of ether oxygens (including phenoxy) is 1. The standard InChI is InChI=1S/C8H7FN4O2/c1-4-11-7(15-13-4)6-5(9)3-10-8(12-6)14-2/h3H,1-2H3. The van der Waals surface area contributed by atoms with Gasteiger partial charge in [0.15, 0.2) is 17.3 Å². The summed E-state index contributed by atoms with van der Waals surface area (Å²) in [6, 6.07) is 0.0438. The summed E-state index contributed by atoms with van der Waals surface area (Å²) in [5, 5.41) is 3.54. The SMILES string of the molecule is COc1ncc(F)c(-c2nc(C)no2)n1. The predicted octanol–water partition coefficient (Wildman–Crippen LogP) is 0.983. The lowest BCUT2D eigenvalue weighted by molar-refractivity contribution is 0.374. The first-order chi connectivity index (χ1) is 7.20. The molecule has 0 radical (unpaired) electrons. The molecule has 2 aromatic rings. The lowest BCUT2D eigenvalue weighted by Gasteiger charge is -1.99. The average Bonchev–Trinajstić information content (AvgIpc) is 2.65. The summed E-state index contributed by atoms with van der Waals surface area (Å²) in [6.45, 7) is 1.63. The third-order valence-corrected chi connectivity index (χ3v) is 1.63. The van der Waals surface area contributed by atoms with Crippen molar-refractivity contribution < 1.29 is 13.7 Å². The van der Waals surface area contributed by atoms with Gasteiger partial charge in [0.2, 0.25) is 0 Å². The first-order valence-corrected chi connectivity index (χ1v) is 4.08. The molecule has 0 N–H and O–H groups in total. The minimum Gasteiger partial charge on any atom is -0.467 e. The van der Waals surface area contributed by atoms with Crippen molar-refractivity contribution in [2.45, 2.75) is 6.92 Å². The Kier molecular flexibility index (Phi) is 2.28. The van der Waals surface area contributed by atoms with Crippen LogP contribution < -0.4 is 4.74 Å². The molecule has 0 aliphatic heterocycles. The molecule has 2 aromatic heterocycles. The van der Waals surface area contributed by atoms with E-state index in [2.05, 4.69) is 20.1 Å². The maximum atomic E-state index is 13.3. The van der Waals surface area contributed by atoms with Gasteiger partial charge >= 0.3 is 6.01 Å². The van der Waals surface area contributed by atoms with Gasteiger partial charge in [0, 0.05) is 0 Å². The lowest BCUT2D eigenvalue weighted by Crippen LogP contribution is -1.97. The van der Waals surface area contributed by atoms with Crippen molar-refractivity contribution >= 4 is 0 Å². The van der Waals surface area contributed by atoms with E-state index in [0.717, 1.165) is 6.20 Å². The van der Waals surface area contributed by atoms with E-state index < -0.39 is 5.82 Å². The van der Waals surface area contributed by atoms with Crippen molar-refractivity contribution in [3.05, 3.63) is 17.8 Å².